The molecular weight excluding hydrogens is 382 g/mol. The number of anilines is 2. The van der Waals surface area contributed by atoms with Gasteiger partial charge in [0, 0.05) is 23.4 Å². The molecule has 0 aliphatic carbocycles. The van der Waals surface area contributed by atoms with E-state index in [1.807, 2.05) is 36.4 Å². The Morgan fingerprint density at radius 1 is 0.960 bits per heavy atom. The number of hydrogen-bond donors (Lipinski definition) is 2. The molecule has 0 saturated heterocycles. The number of carbonyl (C=O) groups is 1. The van der Waals surface area contributed by atoms with Crippen LogP contribution in [0.15, 0.2) is 65.4 Å². The molecule has 0 saturated carbocycles. The zero-order chi connectivity index (χ0) is 17.5. The normalized spacial score (nSPS) is 10.3. The fourth-order valence-corrected chi connectivity index (χ4v) is 2.43. The molecule has 3 rings (SSSR count). The van der Waals surface area contributed by atoms with E-state index in [0.717, 1.165) is 15.6 Å². The Bertz CT molecular complexity index is 822. The van der Waals surface area contributed by atoms with Crippen LogP contribution in [0.3, 0.4) is 0 Å². The first kappa shape index (κ1) is 17.0. The fourth-order valence-electron chi connectivity index (χ4n) is 2.16. The standard InChI is InChI=1S/C18H16BrN5O/c19-15-5-3-13(4-6-15)10-18(25)22-17-8-7-16(23-24-17)21-12-14-2-1-9-20-11-14/h1-9,11H,10,12H2,(H,21,23)(H,22,24,25). The minimum absolute atomic E-state index is 0.132. The maximum atomic E-state index is 12.0. The summed E-state index contributed by atoms with van der Waals surface area (Å²) in [5.41, 5.74) is 1.99. The maximum absolute atomic E-state index is 12.0. The highest BCUT2D eigenvalue weighted by molar-refractivity contribution is 9.10. The average Bonchev–Trinajstić information content (AvgIpc) is 2.64. The lowest BCUT2D eigenvalue weighted by atomic mass is 10.1. The van der Waals surface area contributed by atoms with Gasteiger partial charge >= 0.3 is 0 Å². The van der Waals surface area contributed by atoms with E-state index >= 15 is 0 Å². The largest absolute Gasteiger partial charge is 0.364 e. The van der Waals surface area contributed by atoms with E-state index in [-0.39, 0.29) is 12.3 Å². The molecule has 6 nitrogen and oxygen atoms in total. The zero-order valence-corrected chi connectivity index (χ0v) is 14.9. The van der Waals surface area contributed by atoms with Crippen LogP contribution in [-0.4, -0.2) is 21.1 Å². The van der Waals surface area contributed by atoms with E-state index in [2.05, 4.69) is 41.7 Å². The molecule has 2 N–H and O–H groups in total. The van der Waals surface area contributed by atoms with Crippen LogP contribution in [-0.2, 0) is 17.8 Å². The molecular formula is C18H16BrN5O. The highest BCUT2D eigenvalue weighted by atomic mass is 79.9. The van der Waals surface area contributed by atoms with E-state index in [9.17, 15) is 4.79 Å². The predicted octanol–water partition coefficient (Wildman–Crippen LogP) is 3.43. The van der Waals surface area contributed by atoms with E-state index < -0.39 is 0 Å². The van der Waals surface area contributed by atoms with Gasteiger partial charge in [0.1, 0.15) is 5.82 Å². The summed E-state index contributed by atoms with van der Waals surface area (Å²) in [7, 11) is 0. The van der Waals surface area contributed by atoms with Crippen molar-refractivity contribution in [3.8, 4) is 0 Å². The van der Waals surface area contributed by atoms with Gasteiger partial charge in [-0.2, -0.15) is 0 Å². The molecule has 0 aliphatic rings. The van der Waals surface area contributed by atoms with Crippen molar-refractivity contribution in [2.45, 2.75) is 13.0 Å². The van der Waals surface area contributed by atoms with Crippen molar-refractivity contribution >= 4 is 33.5 Å². The molecule has 0 bridgehead atoms. The second kappa shape index (κ2) is 8.34. The van der Waals surface area contributed by atoms with E-state index in [4.69, 9.17) is 0 Å². The molecule has 1 amide bonds. The molecule has 25 heavy (non-hydrogen) atoms. The van der Waals surface area contributed by atoms with Crippen molar-refractivity contribution in [1.29, 1.82) is 0 Å². The highest BCUT2D eigenvalue weighted by Gasteiger charge is 2.06. The van der Waals surface area contributed by atoms with Crippen molar-refractivity contribution < 1.29 is 4.79 Å². The lowest BCUT2D eigenvalue weighted by molar-refractivity contribution is -0.115. The topological polar surface area (TPSA) is 79.8 Å². The Morgan fingerprint density at radius 3 is 2.40 bits per heavy atom. The van der Waals surface area contributed by atoms with Crippen LogP contribution in [0.2, 0.25) is 0 Å². The quantitative estimate of drug-likeness (QED) is 0.665. The van der Waals surface area contributed by atoms with Crippen LogP contribution in [0.1, 0.15) is 11.1 Å². The number of benzene rings is 1. The van der Waals surface area contributed by atoms with Gasteiger partial charge in [0.05, 0.1) is 6.42 Å². The molecule has 2 aromatic heterocycles. The molecule has 0 spiro atoms. The monoisotopic (exact) mass is 397 g/mol. The summed E-state index contributed by atoms with van der Waals surface area (Å²) in [4.78, 5) is 16.1. The Hall–Kier alpha value is -2.80. The molecule has 0 aliphatic heterocycles. The molecule has 3 aromatic rings. The number of halogens is 1. The maximum Gasteiger partial charge on any atom is 0.229 e. The summed E-state index contributed by atoms with van der Waals surface area (Å²) in [6.45, 7) is 0.609. The third-order valence-electron chi connectivity index (χ3n) is 3.41. The molecule has 0 unspecified atom stereocenters. The van der Waals surface area contributed by atoms with Crippen molar-refractivity contribution in [2.24, 2.45) is 0 Å². The van der Waals surface area contributed by atoms with Crippen LogP contribution in [0.5, 0.6) is 0 Å². The molecule has 2 heterocycles. The first-order chi connectivity index (χ1) is 12.2. The number of nitrogens with one attached hydrogen (secondary N) is 2. The number of pyridine rings is 1. The summed E-state index contributed by atoms with van der Waals surface area (Å²) in [6, 6.07) is 15.0. The van der Waals surface area contributed by atoms with Crippen LogP contribution >= 0.6 is 15.9 Å². The highest BCUT2D eigenvalue weighted by Crippen LogP contribution is 2.12. The number of hydrogen-bond acceptors (Lipinski definition) is 5. The summed E-state index contributed by atoms with van der Waals surface area (Å²) in [6.07, 6.45) is 3.81. The van der Waals surface area contributed by atoms with Gasteiger partial charge in [-0.05, 0) is 41.5 Å². The Balaban J connectivity index is 1.51. The van der Waals surface area contributed by atoms with Gasteiger partial charge in [-0.3, -0.25) is 9.78 Å². The third-order valence-corrected chi connectivity index (χ3v) is 3.94. The molecule has 0 atom stereocenters. The third kappa shape index (κ3) is 5.36. The number of nitrogens with zero attached hydrogens (tertiary/aromatic N) is 3. The first-order valence-corrected chi connectivity index (χ1v) is 8.49. The number of rotatable bonds is 6. The summed E-state index contributed by atoms with van der Waals surface area (Å²) >= 11 is 3.37. The Kier molecular flexibility index (Phi) is 5.69. The Labute approximate surface area is 153 Å². The van der Waals surface area contributed by atoms with E-state index in [1.165, 1.54) is 0 Å². The minimum Gasteiger partial charge on any atom is -0.364 e. The smallest absolute Gasteiger partial charge is 0.229 e. The number of carbonyl (C=O) groups excluding carboxylic acids is 1. The van der Waals surface area contributed by atoms with E-state index in [1.54, 1.807) is 24.5 Å². The number of amides is 1. The van der Waals surface area contributed by atoms with Crippen LogP contribution in [0, 0.1) is 0 Å². The summed E-state index contributed by atoms with van der Waals surface area (Å²) in [5, 5.41) is 14.0. The van der Waals surface area contributed by atoms with Gasteiger partial charge in [-0.1, -0.05) is 34.1 Å². The van der Waals surface area contributed by atoms with Crippen LogP contribution in [0.25, 0.3) is 0 Å². The minimum atomic E-state index is -0.132. The first-order valence-electron chi connectivity index (χ1n) is 7.70. The van der Waals surface area contributed by atoms with Crippen molar-refractivity contribution in [1.82, 2.24) is 15.2 Å². The van der Waals surface area contributed by atoms with Gasteiger partial charge in [0.25, 0.3) is 0 Å². The molecule has 0 radical (unpaired) electrons. The predicted molar refractivity (Wildman–Crippen MR) is 100 cm³/mol. The van der Waals surface area contributed by atoms with Crippen LogP contribution < -0.4 is 10.6 Å². The molecule has 126 valence electrons. The van der Waals surface area contributed by atoms with Crippen molar-refractivity contribution in [2.75, 3.05) is 10.6 Å². The van der Waals surface area contributed by atoms with Gasteiger partial charge in [-0.15, -0.1) is 10.2 Å². The average molecular weight is 398 g/mol. The van der Waals surface area contributed by atoms with Crippen LogP contribution in [0.4, 0.5) is 11.6 Å². The van der Waals surface area contributed by atoms with Gasteiger partial charge in [0.15, 0.2) is 5.82 Å². The molecule has 0 fully saturated rings. The second-order valence-electron chi connectivity index (χ2n) is 5.37. The summed E-state index contributed by atoms with van der Waals surface area (Å²) < 4.78 is 0.983. The zero-order valence-electron chi connectivity index (χ0n) is 13.3. The molecule has 7 heteroatoms. The summed E-state index contributed by atoms with van der Waals surface area (Å²) in [5.74, 6) is 0.927. The van der Waals surface area contributed by atoms with Gasteiger partial charge < -0.3 is 10.6 Å². The SMILES string of the molecule is O=C(Cc1ccc(Br)cc1)Nc1ccc(NCc2cccnc2)nn1. The van der Waals surface area contributed by atoms with Crippen molar-refractivity contribution in [3.63, 3.8) is 0 Å². The van der Waals surface area contributed by atoms with Gasteiger partial charge in [-0.25, -0.2) is 0 Å². The van der Waals surface area contributed by atoms with Gasteiger partial charge in [0.2, 0.25) is 5.91 Å². The molecule has 1 aromatic carbocycles. The number of aromatic nitrogens is 3. The van der Waals surface area contributed by atoms with E-state index in [0.29, 0.717) is 18.2 Å². The fraction of sp³-hybridized carbons (Fsp3) is 0.111. The van der Waals surface area contributed by atoms with Crippen molar-refractivity contribution in [3.05, 3.63) is 76.5 Å². The Morgan fingerprint density at radius 2 is 1.72 bits per heavy atom. The lowest BCUT2D eigenvalue weighted by Crippen LogP contribution is -2.15. The second-order valence-corrected chi connectivity index (χ2v) is 6.29. The lowest BCUT2D eigenvalue weighted by Gasteiger charge is -2.07.